The van der Waals surface area contributed by atoms with Crippen LogP contribution in [0.15, 0.2) is 30.3 Å². The van der Waals surface area contributed by atoms with E-state index < -0.39 is 0 Å². The Balaban J connectivity index is 0.00000264. The van der Waals surface area contributed by atoms with E-state index in [1.54, 1.807) is 17.0 Å². The van der Waals surface area contributed by atoms with E-state index in [1.165, 1.54) is 0 Å². The molecule has 2 rings (SSSR count). The Bertz CT molecular complexity index is 491. The fraction of sp³-hybridized carbons (Fsp3) is 0.500. The number of hydrogen-bond acceptors (Lipinski definition) is 4. The number of nitrogens with one attached hydrogen (secondary N) is 2. The van der Waals surface area contributed by atoms with Gasteiger partial charge >= 0.3 is 0 Å². The number of carbonyl (C=O) groups excluding carboxylic acids is 2. The number of hydrogen-bond donors (Lipinski definition) is 2. The molecule has 2 amide bonds. The molecule has 1 aliphatic heterocycles. The number of halogens is 1. The molecule has 0 radical (unpaired) electrons. The molecule has 0 saturated carbocycles. The first-order valence-corrected chi connectivity index (χ1v) is 7.58. The number of likely N-dealkylation sites (tertiary alicyclic amines) is 1. The molecule has 7 heteroatoms. The predicted molar refractivity (Wildman–Crippen MR) is 90.9 cm³/mol. The summed E-state index contributed by atoms with van der Waals surface area (Å²) in [5, 5.41) is 5.83. The van der Waals surface area contributed by atoms with Gasteiger partial charge in [0.2, 0.25) is 5.91 Å². The van der Waals surface area contributed by atoms with Crippen molar-refractivity contribution in [2.75, 3.05) is 33.3 Å². The van der Waals surface area contributed by atoms with Crippen molar-refractivity contribution in [3.8, 4) is 5.75 Å². The van der Waals surface area contributed by atoms with E-state index in [2.05, 4.69) is 10.6 Å². The summed E-state index contributed by atoms with van der Waals surface area (Å²) in [5.41, 5.74) is 0. The minimum absolute atomic E-state index is 0. The van der Waals surface area contributed by atoms with Crippen molar-refractivity contribution in [2.45, 2.75) is 18.9 Å². The normalized spacial score (nSPS) is 14.7. The topological polar surface area (TPSA) is 70.7 Å². The quantitative estimate of drug-likeness (QED) is 0.803. The number of nitrogens with zero attached hydrogens (tertiary/aromatic N) is 1. The summed E-state index contributed by atoms with van der Waals surface area (Å²) in [6, 6.07) is 9.60. The molecule has 1 aliphatic rings. The van der Waals surface area contributed by atoms with E-state index in [4.69, 9.17) is 4.74 Å². The summed E-state index contributed by atoms with van der Waals surface area (Å²) in [4.78, 5) is 25.5. The van der Waals surface area contributed by atoms with Crippen LogP contribution in [0, 0.1) is 0 Å². The van der Waals surface area contributed by atoms with Crippen LogP contribution in [0.5, 0.6) is 5.75 Å². The molecular weight excluding hydrogens is 318 g/mol. The second-order valence-electron chi connectivity index (χ2n) is 5.32. The Morgan fingerprint density at radius 2 is 1.87 bits per heavy atom. The third-order valence-electron chi connectivity index (χ3n) is 3.81. The molecule has 128 valence electrons. The maximum Gasteiger partial charge on any atom is 0.258 e. The zero-order valence-electron chi connectivity index (χ0n) is 13.3. The third kappa shape index (κ3) is 6.46. The van der Waals surface area contributed by atoms with Crippen LogP contribution in [-0.2, 0) is 9.59 Å². The van der Waals surface area contributed by atoms with Gasteiger partial charge in [0.25, 0.3) is 5.91 Å². The van der Waals surface area contributed by atoms with Crippen molar-refractivity contribution in [2.24, 2.45) is 0 Å². The van der Waals surface area contributed by atoms with Gasteiger partial charge in [-0.15, -0.1) is 12.4 Å². The van der Waals surface area contributed by atoms with Crippen LogP contribution in [0.25, 0.3) is 0 Å². The predicted octanol–water partition coefficient (Wildman–Crippen LogP) is 0.814. The lowest BCUT2D eigenvalue weighted by molar-refractivity contribution is -0.134. The van der Waals surface area contributed by atoms with Crippen LogP contribution in [0.3, 0.4) is 0 Å². The Kier molecular flexibility index (Phi) is 8.43. The standard InChI is InChI=1S/C16H23N3O3.ClH/c1-17-13-7-9-19(10-8-13)16(21)11-18-15(20)12-22-14-5-3-2-4-6-14;/h2-6,13,17H,7-12H2,1H3,(H,18,20);1H. The van der Waals surface area contributed by atoms with E-state index in [-0.39, 0.29) is 37.4 Å². The molecule has 0 aromatic heterocycles. The van der Waals surface area contributed by atoms with Crippen LogP contribution in [0.1, 0.15) is 12.8 Å². The number of benzene rings is 1. The van der Waals surface area contributed by atoms with Gasteiger partial charge in [-0.2, -0.15) is 0 Å². The summed E-state index contributed by atoms with van der Waals surface area (Å²) >= 11 is 0. The third-order valence-corrected chi connectivity index (χ3v) is 3.81. The molecule has 0 aliphatic carbocycles. The van der Waals surface area contributed by atoms with Crippen molar-refractivity contribution in [3.05, 3.63) is 30.3 Å². The Morgan fingerprint density at radius 1 is 1.22 bits per heavy atom. The molecule has 1 aromatic carbocycles. The number of piperidine rings is 1. The van der Waals surface area contributed by atoms with Crippen molar-refractivity contribution < 1.29 is 14.3 Å². The summed E-state index contributed by atoms with van der Waals surface area (Å²) in [6.07, 6.45) is 1.90. The van der Waals surface area contributed by atoms with Crippen molar-refractivity contribution in [3.63, 3.8) is 0 Å². The second-order valence-corrected chi connectivity index (χ2v) is 5.32. The van der Waals surface area contributed by atoms with Gasteiger partial charge in [-0.25, -0.2) is 0 Å². The summed E-state index contributed by atoms with van der Waals surface area (Å²) in [5.74, 6) is 0.308. The molecule has 0 atom stereocenters. The minimum Gasteiger partial charge on any atom is -0.484 e. The molecule has 6 nitrogen and oxygen atoms in total. The summed E-state index contributed by atoms with van der Waals surface area (Å²) in [6.45, 7) is 1.42. The Hall–Kier alpha value is -1.79. The van der Waals surface area contributed by atoms with Crippen LogP contribution < -0.4 is 15.4 Å². The van der Waals surface area contributed by atoms with E-state index in [0.717, 1.165) is 25.9 Å². The van der Waals surface area contributed by atoms with Crippen molar-refractivity contribution in [1.29, 1.82) is 0 Å². The van der Waals surface area contributed by atoms with Gasteiger partial charge < -0.3 is 20.3 Å². The highest BCUT2D eigenvalue weighted by Gasteiger charge is 2.21. The number of ether oxygens (including phenoxy) is 1. The maximum absolute atomic E-state index is 12.0. The van der Waals surface area contributed by atoms with Gasteiger partial charge in [0, 0.05) is 19.1 Å². The van der Waals surface area contributed by atoms with Gasteiger partial charge in [-0.1, -0.05) is 18.2 Å². The first kappa shape index (κ1) is 19.3. The van der Waals surface area contributed by atoms with Gasteiger partial charge in [0.05, 0.1) is 6.54 Å². The summed E-state index contributed by atoms with van der Waals surface area (Å²) in [7, 11) is 1.94. The zero-order valence-corrected chi connectivity index (χ0v) is 14.1. The fourth-order valence-corrected chi connectivity index (χ4v) is 2.42. The van der Waals surface area contributed by atoms with Crippen LogP contribution >= 0.6 is 12.4 Å². The molecule has 0 unspecified atom stereocenters. The van der Waals surface area contributed by atoms with Crippen LogP contribution in [0.4, 0.5) is 0 Å². The lowest BCUT2D eigenvalue weighted by Gasteiger charge is -2.31. The van der Waals surface area contributed by atoms with Gasteiger partial charge in [0.15, 0.2) is 6.61 Å². The molecule has 0 spiro atoms. The molecule has 1 heterocycles. The van der Waals surface area contributed by atoms with E-state index in [9.17, 15) is 9.59 Å². The van der Waals surface area contributed by atoms with E-state index >= 15 is 0 Å². The van der Waals surface area contributed by atoms with Crippen LogP contribution in [0.2, 0.25) is 0 Å². The number of carbonyl (C=O) groups is 2. The molecule has 0 bridgehead atoms. The smallest absolute Gasteiger partial charge is 0.258 e. The molecule has 23 heavy (non-hydrogen) atoms. The molecule has 2 N–H and O–H groups in total. The highest BCUT2D eigenvalue weighted by Crippen LogP contribution is 2.10. The average Bonchev–Trinajstić information content (AvgIpc) is 2.58. The molecule has 1 fully saturated rings. The lowest BCUT2D eigenvalue weighted by Crippen LogP contribution is -2.47. The zero-order chi connectivity index (χ0) is 15.8. The molecule has 1 aromatic rings. The highest BCUT2D eigenvalue weighted by molar-refractivity contribution is 5.85. The SMILES string of the molecule is CNC1CCN(C(=O)CNC(=O)COc2ccccc2)CC1.Cl. The Morgan fingerprint density at radius 3 is 2.48 bits per heavy atom. The van der Waals surface area contributed by atoms with E-state index in [1.807, 2.05) is 25.2 Å². The monoisotopic (exact) mass is 341 g/mol. The molecular formula is C16H24ClN3O3. The van der Waals surface area contributed by atoms with E-state index in [0.29, 0.717) is 11.8 Å². The first-order chi connectivity index (χ1) is 10.7. The number of para-hydroxylation sites is 1. The highest BCUT2D eigenvalue weighted by atomic mass is 35.5. The van der Waals surface area contributed by atoms with Gasteiger partial charge in [0.1, 0.15) is 5.75 Å². The van der Waals surface area contributed by atoms with Crippen LogP contribution in [-0.4, -0.2) is 56.0 Å². The number of rotatable bonds is 6. The van der Waals surface area contributed by atoms with Gasteiger partial charge in [-0.05, 0) is 32.0 Å². The van der Waals surface area contributed by atoms with Crippen molar-refractivity contribution in [1.82, 2.24) is 15.5 Å². The lowest BCUT2D eigenvalue weighted by atomic mass is 10.1. The minimum atomic E-state index is -0.290. The van der Waals surface area contributed by atoms with Crippen molar-refractivity contribution >= 4 is 24.2 Å². The second kappa shape index (κ2) is 10.1. The van der Waals surface area contributed by atoms with Gasteiger partial charge in [-0.3, -0.25) is 9.59 Å². The molecule has 1 saturated heterocycles. The maximum atomic E-state index is 12.0. The summed E-state index contributed by atoms with van der Waals surface area (Å²) < 4.78 is 5.33. The Labute approximate surface area is 143 Å². The first-order valence-electron chi connectivity index (χ1n) is 7.58. The largest absolute Gasteiger partial charge is 0.484 e. The number of amides is 2. The average molecular weight is 342 g/mol. The fourth-order valence-electron chi connectivity index (χ4n) is 2.42.